The molecule has 0 aliphatic rings. The predicted molar refractivity (Wildman–Crippen MR) is 94.4 cm³/mol. The standard InChI is InChI=1S/C18H18N6O/c1-2-24-16-7-6-13(11-15(16)21-22-24)18(25)19-9-8-14-12-23-10-4-3-5-17(23)20-14/h3-7,10-12H,2,8-9H2,1H3,(H,19,25). The number of aryl methyl sites for hydroxylation is 1. The molecule has 1 amide bonds. The molecule has 3 heterocycles. The Labute approximate surface area is 144 Å². The summed E-state index contributed by atoms with van der Waals surface area (Å²) >= 11 is 0. The van der Waals surface area contributed by atoms with Crippen LogP contribution in [0.4, 0.5) is 0 Å². The van der Waals surface area contributed by atoms with Crippen molar-refractivity contribution in [2.24, 2.45) is 0 Å². The van der Waals surface area contributed by atoms with Crippen LogP contribution in [0, 0.1) is 0 Å². The Balaban J connectivity index is 1.41. The number of pyridine rings is 1. The predicted octanol–water partition coefficient (Wildman–Crippen LogP) is 2.07. The van der Waals surface area contributed by atoms with E-state index in [1.807, 2.05) is 48.0 Å². The summed E-state index contributed by atoms with van der Waals surface area (Å²) in [5, 5.41) is 11.1. The SMILES string of the molecule is CCn1nnc2cc(C(=O)NCCc3cn4ccccc4n3)ccc21. The fraction of sp³-hybridized carbons (Fsp3) is 0.222. The van der Waals surface area contributed by atoms with E-state index in [0.29, 0.717) is 18.5 Å². The lowest BCUT2D eigenvalue weighted by Gasteiger charge is -2.04. The van der Waals surface area contributed by atoms with E-state index in [1.54, 1.807) is 16.8 Å². The summed E-state index contributed by atoms with van der Waals surface area (Å²) in [6.07, 6.45) is 4.63. The third-order valence-electron chi connectivity index (χ3n) is 4.16. The van der Waals surface area contributed by atoms with Crippen LogP contribution in [0.1, 0.15) is 23.0 Å². The molecule has 1 N–H and O–H groups in total. The molecule has 126 valence electrons. The molecule has 0 spiro atoms. The Morgan fingerprint density at radius 2 is 2.16 bits per heavy atom. The number of aromatic nitrogens is 5. The average molecular weight is 334 g/mol. The first kappa shape index (κ1) is 15.3. The molecule has 1 aromatic carbocycles. The summed E-state index contributed by atoms with van der Waals surface area (Å²) in [6, 6.07) is 11.3. The van der Waals surface area contributed by atoms with Gasteiger partial charge < -0.3 is 9.72 Å². The van der Waals surface area contributed by atoms with Crippen molar-refractivity contribution in [2.45, 2.75) is 19.9 Å². The van der Waals surface area contributed by atoms with Crippen molar-refractivity contribution in [3.8, 4) is 0 Å². The van der Waals surface area contributed by atoms with E-state index in [2.05, 4.69) is 20.6 Å². The van der Waals surface area contributed by atoms with Gasteiger partial charge in [-0.3, -0.25) is 4.79 Å². The molecule has 0 aliphatic carbocycles. The smallest absolute Gasteiger partial charge is 0.251 e. The zero-order valence-corrected chi connectivity index (χ0v) is 13.9. The van der Waals surface area contributed by atoms with Gasteiger partial charge >= 0.3 is 0 Å². The Kier molecular flexibility index (Phi) is 3.89. The van der Waals surface area contributed by atoms with Crippen molar-refractivity contribution < 1.29 is 4.79 Å². The number of amides is 1. The van der Waals surface area contributed by atoms with Gasteiger partial charge in [0.05, 0.1) is 11.2 Å². The summed E-state index contributed by atoms with van der Waals surface area (Å²) in [5.74, 6) is -0.114. The van der Waals surface area contributed by atoms with Crippen LogP contribution in [-0.2, 0) is 13.0 Å². The zero-order chi connectivity index (χ0) is 17.2. The van der Waals surface area contributed by atoms with Gasteiger partial charge in [-0.25, -0.2) is 9.67 Å². The molecule has 25 heavy (non-hydrogen) atoms. The Bertz CT molecular complexity index is 1020. The number of nitrogens with zero attached hydrogens (tertiary/aromatic N) is 5. The van der Waals surface area contributed by atoms with Crippen molar-refractivity contribution in [3.05, 3.63) is 60.0 Å². The van der Waals surface area contributed by atoms with E-state index in [-0.39, 0.29) is 5.91 Å². The number of benzene rings is 1. The van der Waals surface area contributed by atoms with Gasteiger partial charge in [0.25, 0.3) is 5.91 Å². The number of hydrogen-bond donors (Lipinski definition) is 1. The summed E-state index contributed by atoms with van der Waals surface area (Å²) in [7, 11) is 0. The molecule has 4 aromatic rings. The zero-order valence-electron chi connectivity index (χ0n) is 13.9. The summed E-state index contributed by atoms with van der Waals surface area (Å²) < 4.78 is 3.78. The fourth-order valence-corrected chi connectivity index (χ4v) is 2.86. The second-order valence-electron chi connectivity index (χ2n) is 5.81. The molecule has 0 saturated carbocycles. The van der Waals surface area contributed by atoms with Crippen LogP contribution in [0.3, 0.4) is 0 Å². The molecule has 0 bridgehead atoms. The first-order chi connectivity index (χ1) is 12.2. The van der Waals surface area contributed by atoms with E-state index in [1.165, 1.54) is 0 Å². The minimum absolute atomic E-state index is 0.114. The molecule has 0 fully saturated rings. The third-order valence-corrected chi connectivity index (χ3v) is 4.16. The molecular formula is C18H18N6O. The lowest BCUT2D eigenvalue weighted by atomic mass is 10.2. The van der Waals surface area contributed by atoms with E-state index >= 15 is 0 Å². The maximum absolute atomic E-state index is 12.3. The number of fused-ring (bicyclic) bond motifs is 2. The lowest BCUT2D eigenvalue weighted by molar-refractivity contribution is 0.0954. The summed E-state index contributed by atoms with van der Waals surface area (Å²) in [4.78, 5) is 16.9. The van der Waals surface area contributed by atoms with Crippen LogP contribution < -0.4 is 5.32 Å². The van der Waals surface area contributed by atoms with Crippen molar-refractivity contribution in [1.29, 1.82) is 0 Å². The molecule has 0 aliphatic heterocycles. The van der Waals surface area contributed by atoms with Crippen LogP contribution >= 0.6 is 0 Å². The van der Waals surface area contributed by atoms with Gasteiger partial charge in [-0.1, -0.05) is 11.3 Å². The van der Waals surface area contributed by atoms with Crippen molar-refractivity contribution in [1.82, 2.24) is 29.7 Å². The summed E-state index contributed by atoms with van der Waals surface area (Å²) in [5.41, 5.74) is 4.12. The monoisotopic (exact) mass is 334 g/mol. The second-order valence-corrected chi connectivity index (χ2v) is 5.81. The van der Waals surface area contributed by atoms with Crippen molar-refractivity contribution in [2.75, 3.05) is 6.54 Å². The normalized spacial score (nSPS) is 11.2. The highest BCUT2D eigenvalue weighted by atomic mass is 16.1. The van der Waals surface area contributed by atoms with E-state index in [9.17, 15) is 4.79 Å². The van der Waals surface area contributed by atoms with E-state index < -0.39 is 0 Å². The van der Waals surface area contributed by atoms with Crippen LogP contribution in [0.25, 0.3) is 16.7 Å². The maximum Gasteiger partial charge on any atom is 0.251 e. The van der Waals surface area contributed by atoms with E-state index in [4.69, 9.17) is 0 Å². The number of carbonyl (C=O) groups excluding carboxylic acids is 1. The van der Waals surface area contributed by atoms with Gasteiger partial charge in [-0.2, -0.15) is 0 Å². The largest absolute Gasteiger partial charge is 0.352 e. The maximum atomic E-state index is 12.3. The number of rotatable bonds is 5. The first-order valence-corrected chi connectivity index (χ1v) is 8.28. The fourth-order valence-electron chi connectivity index (χ4n) is 2.86. The molecule has 4 rings (SSSR count). The van der Waals surface area contributed by atoms with Crippen molar-refractivity contribution >= 4 is 22.6 Å². The average Bonchev–Trinajstić information content (AvgIpc) is 3.24. The molecule has 0 unspecified atom stereocenters. The number of hydrogen-bond acceptors (Lipinski definition) is 4. The van der Waals surface area contributed by atoms with Crippen LogP contribution in [-0.4, -0.2) is 36.8 Å². The lowest BCUT2D eigenvalue weighted by Crippen LogP contribution is -2.25. The molecule has 7 heteroatoms. The Morgan fingerprint density at radius 1 is 1.24 bits per heavy atom. The van der Waals surface area contributed by atoms with Crippen LogP contribution in [0.15, 0.2) is 48.8 Å². The highest BCUT2D eigenvalue weighted by Crippen LogP contribution is 2.13. The van der Waals surface area contributed by atoms with Crippen molar-refractivity contribution in [3.63, 3.8) is 0 Å². The molecule has 3 aromatic heterocycles. The summed E-state index contributed by atoms with van der Waals surface area (Å²) in [6.45, 7) is 3.29. The number of imidazole rings is 1. The van der Waals surface area contributed by atoms with Gasteiger partial charge in [-0.15, -0.1) is 5.10 Å². The molecule has 0 saturated heterocycles. The molecule has 0 radical (unpaired) electrons. The highest BCUT2D eigenvalue weighted by Gasteiger charge is 2.10. The Morgan fingerprint density at radius 3 is 3.00 bits per heavy atom. The van der Waals surface area contributed by atoms with E-state index in [0.717, 1.165) is 28.9 Å². The minimum Gasteiger partial charge on any atom is -0.352 e. The topological polar surface area (TPSA) is 77.1 Å². The molecule has 0 atom stereocenters. The van der Waals surface area contributed by atoms with Gasteiger partial charge in [0, 0.05) is 37.5 Å². The minimum atomic E-state index is -0.114. The quantitative estimate of drug-likeness (QED) is 0.606. The Hall–Kier alpha value is -3.22. The van der Waals surface area contributed by atoms with Gasteiger partial charge in [0.2, 0.25) is 0 Å². The second kappa shape index (κ2) is 6.35. The third kappa shape index (κ3) is 2.96. The molecular weight excluding hydrogens is 316 g/mol. The number of carbonyl (C=O) groups is 1. The van der Waals surface area contributed by atoms with Gasteiger partial charge in [0.1, 0.15) is 11.2 Å². The highest BCUT2D eigenvalue weighted by molar-refractivity contribution is 5.97. The van der Waals surface area contributed by atoms with Gasteiger partial charge in [-0.05, 0) is 37.3 Å². The number of nitrogens with one attached hydrogen (secondary N) is 1. The van der Waals surface area contributed by atoms with Crippen LogP contribution in [0.5, 0.6) is 0 Å². The first-order valence-electron chi connectivity index (χ1n) is 8.28. The molecule has 7 nitrogen and oxygen atoms in total. The van der Waals surface area contributed by atoms with Gasteiger partial charge in [0.15, 0.2) is 0 Å². The van der Waals surface area contributed by atoms with Crippen LogP contribution in [0.2, 0.25) is 0 Å².